The zero-order valence-corrected chi connectivity index (χ0v) is 12.1. The second-order valence-electron chi connectivity index (χ2n) is 5.82. The molecule has 2 aliphatic rings. The standard InChI is InChI=1S/C16H21N3O2/c20-15-11-19(16(21)10-18-15)14-3-1-12(2-4-14)9-13-5-7-17-8-6-13/h1-4,13,17H,5-11H2,(H,18,20). The molecular weight excluding hydrogens is 266 g/mol. The van der Waals surface area contributed by atoms with Gasteiger partial charge in [0.25, 0.3) is 0 Å². The number of carbonyl (C=O) groups excluding carboxylic acids is 2. The summed E-state index contributed by atoms with van der Waals surface area (Å²) in [5.74, 6) is 0.591. The second-order valence-corrected chi connectivity index (χ2v) is 5.82. The summed E-state index contributed by atoms with van der Waals surface area (Å²) in [7, 11) is 0. The van der Waals surface area contributed by atoms with Crippen molar-refractivity contribution in [3.63, 3.8) is 0 Å². The van der Waals surface area contributed by atoms with Gasteiger partial charge in [0.2, 0.25) is 11.8 Å². The van der Waals surface area contributed by atoms with Crippen molar-refractivity contribution >= 4 is 17.5 Å². The van der Waals surface area contributed by atoms with Crippen molar-refractivity contribution in [3.8, 4) is 0 Å². The van der Waals surface area contributed by atoms with E-state index in [-0.39, 0.29) is 24.9 Å². The van der Waals surface area contributed by atoms with Gasteiger partial charge in [-0.15, -0.1) is 0 Å². The number of benzene rings is 1. The van der Waals surface area contributed by atoms with Crippen LogP contribution in [-0.2, 0) is 16.0 Å². The normalized spacial score (nSPS) is 20.5. The van der Waals surface area contributed by atoms with E-state index in [1.165, 1.54) is 18.4 Å². The molecule has 5 nitrogen and oxygen atoms in total. The van der Waals surface area contributed by atoms with Gasteiger partial charge in [-0.1, -0.05) is 12.1 Å². The number of amides is 2. The zero-order chi connectivity index (χ0) is 14.7. The van der Waals surface area contributed by atoms with Gasteiger partial charge in [-0.25, -0.2) is 0 Å². The van der Waals surface area contributed by atoms with Gasteiger partial charge in [-0.05, 0) is 56.0 Å². The van der Waals surface area contributed by atoms with E-state index in [2.05, 4.69) is 22.8 Å². The molecule has 112 valence electrons. The van der Waals surface area contributed by atoms with Crippen molar-refractivity contribution in [1.82, 2.24) is 10.6 Å². The maximum Gasteiger partial charge on any atom is 0.246 e. The van der Waals surface area contributed by atoms with Gasteiger partial charge in [-0.3, -0.25) is 9.59 Å². The fourth-order valence-electron chi connectivity index (χ4n) is 3.02. The maximum atomic E-state index is 11.8. The van der Waals surface area contributed by atoms with Gasteiger partial charge in [0.1, 0.15) is 6.54 Å². The summed E-state index contributed by atoms with van der Waals surface area (Å²) < 4.78 is 0. The van der Waals surface area contributed by atoms with E-state index < -0.39 is 0 Å². The molecule has 3 rings (SSSR count). The van der Waals surface area contributed by atoms with Crippen LogP contribution in [0.1, 0.15) is 18.4 Å². The molecule has 2 fully saturated rings. The Labute approximate surface area is 124 Å². The lowest BCUT2D eigenvalue weighted by Crippen LogP contribution is -2.51. The highest BCUT2D eigenvalue weighted by Crippen LogP contribution is 2.21. The lowest BCUT2D eigenvalue weighted by atomic mass is 9.91. The van der Waals surface area contributed by atoms with Crippen LogP contribution in [0.3, 0.4) is 0 Å². The molecule has 0 unspecified atom stereocenters. The van der Waals surface area contributed by atoms with E-state index in [4.69, 9.17) is 0 Å². The van der Waals surface area contributed by atoms with E-state index in [1.54, 1.807) is 4.90 Å². The highest BCUT2D eigenvalue weighted by Gasteiger charge is 2.24. The number of carbonyl (C=O) groups is 2. The van der Waals surface area contributed by atoms with Crippen LogP contribution in [0.15, 0.2) is 24.3 Å². The van der Waals surface area contributed by atoms with E-state index >= 15 is 0 Å². The smallest absolute Gasteiger partial charge is 0.246 e. The highest BCUT2D eigenvalue weighted by atomic mass is 16.2. The van der Waals surface area contributed by atoms with E-state index in [1.807, 2.05) is 12.1 Å². The molecule has 2 heterocycles. The van der Waals surface area contributed by atoms with E-state index in [0.29, 0.717) is 0 Å². The first kappa shape index (κ1) is 14.1. The van der Waals surface area contributed by atoms with Crippen molar-refractivity contribution in [2.75, 3.05) is 31.1 Å². The summed E-state index contributed by atoms with van der Waals surface area (Å²) in [6, 6.07) is 8.06. The Morgan fingerprint density at radius 3 is 2.52 bits per heavy atom. The van der Waals surface area contributed by atoms with Gasteiger partial charge >= 0.3 is 0 Å². The van der Waals surface area contributed by atoms with Gasteiger partial charge in [-0.2, -0.15) is 0 Å². The Hall–Kier alpha value is -1.88. The topological polar surface area (TPSA) is 61.4 Å². The van der Waals surface area contributed by atoms with Gasteiger partial charge < -0.3 is 15.5 Å². The van der Waals surface area contributed by atoms with Gasteiger partial charge in [0, 0.05) is 5.69 Å². The Balaban J connectivity index is 1.65. The molecule has 1 aromatic carbocycles. The molecule has 0 bridgehead atoms. The third-order valence-electron chi connectivity index (χ3n) is 4.27. The first-order valence-corrected chi connectivity index (χ1v) is 7.59. The third kappa shape index (κ3) is 3.42. The van der Waals surface area contributed by atoms with Crippen molar-refractivity contribution in [2.24, 2.45) is 5.92 Å². The predicted molar refractivity (Wildman–Crippen MR) is 81.1 cm³/mol. The molecule has 0 aromatic heterocycles. The molecule has 2 N–H and O–H groups in total. The number of nitrogens with zero attached hydrogens (tertiary/aromatic N) is 1. The fraction of sp³-hybridized carbons (Fsp3) is 0.500. The number of anilines is 1. The van der Waals surface area contributed by atoms with Crippen LogP contribution in [-0.4, -0.2) is 38.0 Å². The van der Waals surface area contributed by atoms with Crippen molar-refractivity contribution in [1.29, 1.82) is 0 Å². The lowest BCUT2D eigenvalue weighted by molar-refractivity contribution is -0.128. The largest absolute Gasteiger partial charge is 0.345 e. The predicted octanol–water partition coefficient (Wildman–Crippen LogP) is 0.691. The van der Waals surface area contributed by atoms with Crippen LogP contribution < -0.4 is 15.5 Å². The number of piperazine rings is 1. The molecule has 2 saturated heterocycles. The summed E-state index contributed by atoms with van der Waals surface area (Å²) in [5, 5.41) is 5.94. The summed E-state index contributed by atoms with van der Waals surface area (Å²) in [5.41, 5.74) is 2.11. The zero-order valence-electron chi connectivity index (χ0n) is 12.1. The molecule has 0 radical (unpaired) electrons. The minimum atomic E-state index is -0.103. The van der Waals surface area contributed by atoms with Crippen LogP contribution in [0.2, 0.25) is 0 Å². The first-order valence-electron chi connectivity index (χ1n) is 7.59. The average Bonchev–Trinajstić information content (AvgIpc) is 2.52. The Morgan fingerprint density at radius 1 is 1.10 bits per heavy atom. The minimum absolute atomic E-state index is 0.0549. The summed E-state index contributed by atoms with van der Waals surface area (Å²) in [4.78, 5) is 24.8. The molecular formula is C16H21N3O2. The van der Waals surface area contributed by atoms with Crippen LogP contribution in [0, 0.1) is 5.92 Å². The van der Waals surface area contributed by atoms with Crippen molar-refractivity contribution in [3.05, 3.63) is 29.8 Å². The number of rotatable bonds is 3. The second kappa shape index (κ2) is 6.26. The molecule has 0 aliphatic carbocycles. The van der Waals surface area contributed by atoms with Gasteiger partial charge in [0.05, 0.1) is 6.54 Å². The highest BCUT2D eigenvalue weighted by molar-refractivity contribution is 6.04. The van der Waals surface area contributed by atoms with Crippen LogP contribution in [0.5, 0.6) is 0 Å². The molecule has 0 spiro atoms. The Kier molecular flexibility index (Phi) is 4.20. The first-order chi connectivity index (χ1) is 10.2. The van der Waals surface area contributed by atoms with Crippen LogP contribution in [0.4, 0.5) is 5.69 Å². The summed E-state index contributed by atoms with van der Waals surface area (Å²) in [6.45, 7) is 2.43. The monoisotopic (exact) mass is 287 g/mol. The number of piperidine rings is 1. The molecule has 2 aliphatic heterocycles. The molecule has 1 aromatic rings. The minimum Gasteiger partial charge on any atom is -0.345 e. The van der Waals surface area contributed by atoms with Crippen molar-refractivity contribution in [2.45, 2.75) is 19.3 Å². The summed E-state index contributed by atoms with van der Waals surface area (Å²) in [6.07, 6.45) is 3.55. The quantitative estimate of drug-likeness (QED) is 0.860. The maximum absolute atomic E-state index is 11.8. The van der Waals surface area contributed by atoms with Crippen LogP contribution in [0.25, 0.3) is 0 Å². The lowest BCUT2D eigenvalue weighted by Gasteiger charge is -2.27. The molecule has 2 amide bonds. The van der Waals surface area contributed by atoms with Crippen LogP contribution >= 0.6 is 0 Å². The third-order valence-corrected chi connectivity index (χ3v) is 4.27. The molecule has 0 atom stereocenters. The number of nitrogens with one attached hydrogen (secondary N) is 2. The molecule has 21 heavy (non-hydrogen) atoms. The van der Waals surface area contributed by atoms with Crippen molar-refractivity contribution < 1.29 is 9.59 Å². The fourth-order valence-corrected chi connectivity index (χ4v) is 3.02. The molecule has 0 saturated carbocycles. The average molecular weight is 287 g/mol. The molecule has 5 heteroatoms. The Bertz CT molecular complexity index is 521. The van der Waals surface area contributed by atoms with E-state index in [9.17, 15) is 9.59 Å². The van der Waals surface area contributed by atoms with E-state index in [0.717, 1.165) is 31.1 Å². The SMILES string of the molecule is O=C1CN(c2ccc(CC3CCNCC3)cc2)C(=O)CN1. The summed E-state index contributed by atoms with van der Waals surface area (Å²) >= 11 is 0. The van der Waals surface area contributed by atoms with Gasteiger partial charge in [0.15, 0.2) is 0 Å². The Morgan fingerprint density at radius 2 is 1.81 bits per heavy atom. The number of hydrogen-bond donors (Lipinski definition) is 2. The number of hydrogen-bond acceptors (Lipinski definition) is 3.